The Morgan fingerprint density at radius 1 is 1.67 bits per heavy atom. The molecule has 0 saturated carbocycles. The lowest BCUT2D eigenvalue weighted by Crippen LogP contribution is -2.33. The van der Waals surface area contributed by atoms with Gasteiger partial charge in [-0.15, -0.1) is 0 Å². The van der Waals surface area contributed by atoms with Gasteiger partial charge in [0.05, 0.1) is 18.9 Å². The minimum Gasteiger partial charge on any atom is -0.472 e. The van der Waals surface area contributed by atoms with Crippen molar-refractivity contribution in [1.29, 1.82) is 0 Å². The number of alkyl halides is 1. The van der Waals surface area contributed by atoms with Crippen molar-refractivity contribution in [2.24, 2.45) is 0 Å². The Bertz CT molecular complexity index is 336. The minimum absolute atomic E-state index is 0.233. The lowest BCUT2D eigenvalue weighted by molar-refractivity contribution is -0.139. The normalized spacial score (nSPS) is 11.9. The Labute approximate surface area is 100 Å². The Balaban J connectivity index is 2.38. The van der Waals surface area contributed by atoms with Gasteiger partial charge >= 0.3 is 5.97 Å². The molecular formula is C9H10INO4. The molecule has 1 aromatic heterocycles. The molecule has 5 nitrogen and oxygen atoms in total. The summed E-state index contributed by atoms with van der Waals surface area (Å²) in [6, 6.07) is 1.55. The van der Waals surface area contributed by atoms with Crippen LogP contribution in [0.15, 0.2) is 23.0 Å². The molecule has 6 heteroatoms. The third-order valence-electron chi connectivity index (χ3n) is 1.68. The maximum atomic E-state index is 11.4. The number of amides is 1. The standard InChI is InChI=1S/C9H10INO4/c1-14-9(13)7(10)4-11-8(12)6-2-3-15-5-6/h2-3,5,7H,4H2,1H3,(H,11,12). The van der Waals surface area contributed by atoms with Gasteiger partial charge in [-0.2, -0.15) is 0 Å². The van der Waals surface area contributed by atoms with E-state index in [1.54, 1.807) is 6.07 Å². The second kappa shape index (κ2) is 5.74. The van der Waals surface area contributed by atoms with Crippen molar-refractivity contribution in [3.8, 4) is 0 Å². The average Bonchev–Trinajstić information content (AvgIpc) is 2.77. The predicted octanol–water partition coefficient (Wildman–Crippen LogP) is 0.986. The summed E-state index contributed by atoms with van der Waals surface area (Å²) >= 11 is 1.91. The van der Waals surface area contributed by atoms with Crippen molar-refractivity contribution in [2.45, 2.75) is 3.92 Å². The van der Waals surface area contributed by atoms with E-state index in [0.29, 0.717) is 5.56 Å². The van der Waals surface area contributed by atoms with Crippen LogP contribution in [-0.4, -0.2) is 29.5 Å². The third-order valence-corrected chi connectivity index (χ3v) is 2.63. The molecule has 0 fully saturated rings. The number of carbonyl (C=O) groups is 2. The molecular weight excluding hydrogens is 313 g/mol. The number of rotatable bonds is 4. The molecule has 1 unspecified atom stereocenters. The van der Waals surface area contributed by atoms with Gasteiger partial charge in [0.2, 0.25) is 0 Å². The predicted molar refractivity (Wildman–Crippen MR) is 60.9 cm³/mol. The van der Waals surface area contributed by atoms with Gasteiger partial charge < -0.3 is 14.5 Å². The zero-order chi connectivity index (χ0) is 11.3. The zero-order valence-electron chi connectivity index (χ0n) is 8.03. The molecule has 1 N–H and O–H groups in total. The summed E-state index contributed by atoms with van der Waals surface area (Å²) in [7, 11) is 1.31. The van der Waals surface area contributed by atoms with E-state index in [1.165, 1.54) is 19.6 Å². The van der Waals surface area contributed by atoms with Crippen molar-refractivity contribution in [3.63, 3.8) is 0 Å². The van der Waals surface area contributed by atoms with E-state index >= 15 is 0 Å². The van der Waals surface area contributed by atoms with Crippen LogP contribution in [-0.2, 0) is 9.53 Å². The molecule has 1 aromatic rings. The Hall–Kier alpha value is -1.05. The first-order valence-corrected chi connectivity index (χ1v) is 5.42. The van der Waals surface area contributed by atoms with E-state index in [-0.39, 0.29) is 22.3 Å². The zero-order valence-corrected chi connectivity index (χ0v) is 10.2. The minimum atomic E-state index is -0.386. The number of furan rings is 1. The van der Waals surface area contributed by atoms with Gasteiger partial charge in [0.25, 0.3) is 5.91 Å². The van der Waals surface area contributed by atoms with Crippen molar-refractivity contribution in [1.82, 2.24) is 5.32 Å². The van der Waals surface area contributed by atoms with Gasteiger partial charge in [0, 0.05) is 6.54 Å². The SMILES string of the molecule is COC(=O)C(I)CNC(=O)c1ccoc1. The van der Waals surface area contributed by atoms with Crippen LogP contribution in [0.2, 0.25) is 0 Å². The van der Waals surface area contributed by atoms with Gasteiger partial charge in [-0.25, -0.2) is 0 Å². The first-order chi connectivity index (χ1) is 7.15. The molecule has 1 heterocycles. The van der Waals surface area contributed by atoms with Gasteiger partial charge in [-0.3, -0.25) is 9.59 Å². The Morgan fingerprint density at radius 2 is 2.40 bits per heavy atom. The monoisotopic (exact) mass is 323 g/mol. The molecule has 1 amide bonds. The highest BCUT2D eigenvalue weighted by Gasteiger charge is 2.16. The fraction of sp³-hybridized carbons (Fsp3) is 0.333. The maximum Gasteiger partial charge on any atom is 0.320 e. The summed E-state index contributed by atoms with van der Waals surface area (Å²) < 4.78 is 8.89. The molecule has 15 heavy (non-hydrogen) atoms. The molecule has 82 valence electrons. The van der Waals surface area contributed by atoms with Gasteiger partial charge in [0.15, 0.2) is 0 Å². The molecule has 0 saturated heterocycles. The van der Waals surface area contributed by atoms with Crippen molar-refractivity contribution >= 4 is 34.5 Å². The highest BCUT2D eigenvalue weighted by molar-refractivity contribution is 14.1. The first kappa shape index (κ1) is 12.0. The molecule has 1 rings (SSSR count). The van der Waals surface area contributed by atoms with Crippen LogP contribution in [0.5, 0.6) is 0 Å². The third kappa shape index (κ3) is 3.54. The highest BCUT2D eigenvalue weighted by Crippen LogP contribution is 2.03. The van der Waals surface area contributed by atoms with Crippen LogP contribution in [0, 0.1) is 0 Å². The van der Waals surface area contributed by atoms with Crippen LogP contribution in [0.3, 0.4) is 0 Å². The molecule has 0 spiro atoms. The lowest BCUT2D eigenvalue weighted by atomic mass is 10.3. The molecule has 0 aliphatic carbocycles. The topological polar surface area (TPSA) is 68.5 Å². The summed E-state index contributed by atoms with van der Waals surface area (Å²) in [4.78, 5) is 22.4. The largest absolute Gasteiger partial charge is 0.472 e. The van der Waals surface area contributed by atoms with Crippen LogP contribution < -0.4 is 5.32 Å². The number of carbonyl (C=O) groups excluding carboxylic acids is 2. The molecule has 1 atom stereocenters. The number of methoxy groups -OCH3 is 1. The van der Waals surface area contributed by atoms with E-state index in [4.69, 9.17) is 4.42 Å². The van der Waals surface area contributed by atoms with Crippen LogP contribution in [0.1, 0.15) is 10.4 Å². The molecule has 0 aliphatic rings. The van der Waals surface area contributed by atoms with Crippen LogP contribution in [0.25, 0.3) is 0 Å². The second-order valence-electron chi connectivity index (χ2n) is 2.71. The Morgan fingerprint density at radius 3 is 2.93 bits per heavy atom. The van der Waals surface area contributed by atoms with E-state index in [1.807, 2.05) is 22.6 Å². The average molecular weight is 323 g/mol. The quantitative estimate of drug-likeness (QED) is 0.510. The lowest BCUT2D eigenvalue weighted by Gasteiger charge is -2.08. The number of halogens is 1. The van der Waals surface area contributed by atoms with E-state index in [2.05, 4.69) is 10.1 Å². The maximum absolute atomic E-state index is 11.4. The fourth-order valence-corrected chi connectivity index (χ4v) is 1.36. The number of esters is 1. The van der Waals surface area contributed by atoms with Crippen molar-refractivity contribution in [3.05, 3.63) is 24.2 Å². The first-order valence-electron chi connectivity index (χ1n) is 4.17. The number of ether oxygens (including phenoxy) is 1. The van der Waals surface area contributed by atoms with Gasteiger partial charge in [-0.1, -0.05) is 22.6 Å². The molecule has 0 radical (unpaired) electrons. The summed E-state index contributed by atoms with van der Waals surface area (Å²) in [5.41, 5.74) is 0.434. The van der Waals surface area contributed by atoms with Crippen LogP contribution >= 0.6 is 22.6 Å². The summed E-state index contributed by atoms with van der Waals surface area (Å²) in [5.74, 6) is -0.627. The summed E-state index contributed by atoms with van der Waals surface area (Å²) in [6.45, 7) is 0.233. The summed E-state index contributed by atoms with van der Waals surface area (Å²) in [6.07, 6.45) is 2.76. The van der Waals surface area contributed by atoms with Gasteiger partial charge in [0.1, 0.15) is 10.2 Å². The molecule has 0 aliphatic heterocycles. The fourth-order valence-electron chi connectivity index (χ4n) is 0.889. The Kier molecular flexibility index (Phi) is 4.60. The summed E-state index contributed by atoms with van der Waals surface area (Å²) in [5, 5.41) is 2.59. The van der Waals surface area contributed by atoms with Crippen molar-refractivity contribution in [2.75, 3.05) is 13.7 Å². The second-order valence-corrected chi connectivity index (χ2v) is 4.22. The highest BCUT2D eigenvalue weighted by atomic mass is 127. The molecule has 0 aromatic carbocycles. The van der Waals surface area contributed by atoms with E-state index in [0.717, 1.165) is 0 Å². The van der Waals surface area contributed by atoms with E-state index in [9.17, 15) is 9.59 Å². The number of hydrogen-bond donors (Lipinski definition) is 1. The van der Waals surface area contributed by atoms with Crippen LogP contribution in [0.4, 0.5) is 0 Å². The van der Waals surface area contributed by atoms with Crippen molar-refractivity contribution < 1.29 is 18.7 Å². The molecule has 0 bridgehead atoms. The number of nitrogens with one attached hydrogen (secondary N) is 1. The van der Waals surface area contributed by atoms with E-state index < -0.39 is 0 Å². The van der Waals surface area contributed by atoms with Gasteiger partial charge in [-0.05, 0) is 6.07 Å². The smallest absolute Gasteiger partial charge is 0.320 e. The number of hydrogen-bond acceptors (Lipinski definition) is 4.